The van der Waals surface area contributed by atoms with E-state index >= 15 is 0 Å². The Kier molecular flexibility index (Phi) is 5.68. The van der Waals surface area contributed by atoms with Crippen LogP contribution < -0.4 is 15.8 Å². The third-order valence-electron chi connectivity index (χ3n) is 5.71. The first kappa shape index (κ1) is 21.2. The number of hydrogen-bond acceptors (Lipinski definition) is 5. The van der Waals surface area contributed by atoms with Crippen molar-refractivity contribution in [2.45, 2.75) is 19.0 Å². The van der Waals surface area contributed by atoms with Crippen LogP contribution in [-0.2, 0) is 4.79 Å². The molecule has 0 fully saturated rings. The van der Waals surface area contributed by atoms with Crippen molar-refractivity contribution in [2.75, 3.05) is 18.7 Å². The fourth-order valence-electron chi connectivity index (χ4n) is 4.02. The number of nitrogens with zero attached hydrogens (tertiary/aromatic N) is 3. The molecule has 1 unspecified atom stereocenters. The van der Waals surface area contributed by atoms with E-state index in [-0.39, 0.29) is 24.3 Å². The van der Waals surface area contributed by atoms with Gasteiger partial charge >= 0.3 is 0 Å². The summed E-state index contributed by atoms with van der Waals surface area (Å²) in [5.41, 5.74) is 1.07. The molecule has 164 valence electrons. The molecular weight excluding hydrogens is 408 g/mol. The first-order valence-electron chi connectivity index (χ1n) is 10.3. The van der Waals surface area contributed by atoms with Crippen molar-refractivity contribution in [1.82, 2.24) is 14.9 Å². The predicted octanol–water partition coefficient (Wildman–Crippen LogP) is 1.83. The zero-order valence-corrected chi connectivity index (χ0v) is 17.8. The summed E-state index contributed by atoms with van der Waals surface area (Å²) in [5, 5.41) is 15.0. The Morgan fingerprint density at radius 1 is 0.969 bits per heavy atom. The first-order chi connectivity index (χ1) is 15.4. The number of hydrogen-bond donors (Lipinski definition) is 2. The van der Waals surface area contributed by atoms with Crippen LogP contribution in [0.15, 0.2) is 77.7 Å². The Hall–Kier alpha value is -4.07. The lowest BCUT2D eigenvalue weighted by Gasteiger charge is -2.45. The summed E-state index contributed by atoms with van der Waals surface area (Å²) >= 11 is 0. The Morgan fingerprint density at radius 2 is 1.53 bits per heavy atom. The van der Waals surface area contributed by atoms with Crippen LogP contribution in [0.1, 0.15) is 34.6 Å². The van der Waals surface area contributed by atoms with Crippen LogP contribution in [0.5, 0.6) is 5.75 Å². The largest absolute Gasteiger partial charge is 0.502 e. The molecule has 1 aromatic heterocycles. The Labute approximate surface area is 185 Å². The number of likely N-dealkylation sites (N-methyl/N-ethyl adjacent to an activating group) is 1. The van der Waals surface area contributed by atoms with E-state index in [0.29, 0.717) is 0 Å². The minimum absolute atomic E-state index is 0.0667. The van der Waals surface area contributed by atoms with Gasteiger partial charge in [0.15, 0.2) is 11.4 Å². The molecule has 8 heteroatoms. The lowest BCUT2D eigenvalue weighted by atomic mass is 9.98. The molecule has 32 heavy (non-hydrogen) atoms. The highest BCUT2D eigenvalue weighted by Crippen LogP contribution is 2.32. The van der Waals surface area contributed by atoms with Crippen LogP contribution in [0.2, 0.25) is 0 Å². The summed E-state index contributed by atoms with van der Waals surface area (Å²) in [6, 6.07) is 19.5. The van der Waals surface area contributed by atoms with Crippen molar-refractivity contribution >= 4 is 11.8 Å². The Balaban J connectivity index is 1.94. The normalized spacial score (nSPS) is 14.3. The molecule has 4 rings (SSSR count). The van der Waals surface area contributed by atoms with Crippen LogP contribution in [-0.4, -0.2) is 46.3 Å². The molecule has 1 aliphatic rings. The lowest BCUT2D eigenvalue weighted by molar-refractivity contribution is -0.124. The zero-order chi connectivity index (χ0) is 22.8. The number of carbonyl (C=O) groups is 2. The highest BCUT2D eigenvalue weighted by Gasteiger charge is 2.39. The predicted molar refractivity (Wildman–Crippen MR) is 120 cm³/mol. The summed E-state index contributed by atoms with van der Waals surface area (Å²) < 4.78 is 1.51. The molecule has 1 aliphatic heterocycles. The molecule has 0 spiro atoms. The third-order valence-corrected chi connectivity index (χ3v) is 5.71. The van der Waals surface area contributed by atoms with Crippen LogP contribution in [0.25, 0.3) is 0 Å². The molecule has 0 radical (unpaired) electrons. The molecule has 3 aromatic rings. The van der Waals surface area contributed by atoms with Gasteiger partial charge in [-0.1, -0.05) is 60.7 Å². The number of benzene rings is 2. The van der Waals surface area contributed by atoms with Crippen LogP contribution in [0, 0.1) is 0 Å². The van der Waals surface area contributed by atoms with E-state index in [4.69, 9.17) is 0 Å². The van der Waals surface area contributed by atoms with Crippen LogP contribution in [0.3, 0.4) is 0 Å². The van der Waals surface area contributed by atoms with E-state index in [9.17, 15) is 19.5 Å². The smallest absolute Gasteiger partial charge is 0.278 e. The van der Waals surface area contributed by atoms with Crippen molar-refractivity contribution in [3.63, 3.8) is 0 Å². The Morgan fingerprint density at radius 3 is 2.06 bits per heavy atom. The molecule has 1 atom stereocenters. The van der Waals surface area contributed by atoms with Gasteiger partial charge in [0.25, 0.3) is 5.91 Å². The van der Waals surface area contributed by atoms with E-state index in [1.165, 1.54) is 28.9 Å². The van der Waals surface area contributed by atoms with Gasteiger partial charge < -0.3 is 15.3 Å². The van der Waals surface area contributed by atoms with Gasteiger partial charge in [-0.25, -0.2) is 0 Å². The van der Waals surface area contributed by atoms with Crippen LogP contribution >= 0.6 is 0 Å². The van der Waals surface area contributed by atoms with E-state index < -0.39 is 23.1 Å². The van der Waals surface area contributed by atoms with Gasteiger partial charge in [-0.05, 0) is 18.1 Å². The molecular formula is C24H24N4O4. The molecule has 2 amide bonds. The van der Waals surface area contributed by atoms with Gasteiger partial charge in [-0.3, -0.25) is 24.1 Å². The molecule has 0 saturated heterocycles. The minimum Gasteiger partial charge on any atom is -0.502 e. The summed E-state index contributed by atoms with van der Waals surface area (Å²) in [4.78, 5) is 39.2. The van der Waals surface area contributed by atoms with Crippen molar-refractivity contribution in [1.29, 1.82) is 0 Å². The number of aromatic nitrogens is 1. The SMILES string of the molecule is CNC(=O)C(C)N1CN(C(c2ccccc2)c2ccccc2)n2ccc(=O)c(O)c2C1=O. The fraction of sp³-hybridized carbons (Fsp3) is 0.208. The standard InChI is InChI=1S/C24H24N4O4/c1-16(23(31)25-2)26-15-28(27-14-13-19(29)22(30)21(27)24(26)32)20(17-9-5-3-6-10-17)18-11-7-4-8-12-18/h3-14,16,20,30H,15H2,1-2H3,(H,25,31). The minimum atomic E-state index is -0.814. The first-order valence-corrected chi connectivity index (χ1v) is 10.3. The zero-order valence-electron chi connectivity index (χ0n) is 17.8. The van der Waals surface area contributed by atoms with Gasteiger partial charge in [-0.2, -0.15) is 0 Å². The van der Waals surface area contributed by atoms with Crippen molar-refractivity contribution in [3.8, 4) is 5.75 Å². The maximum Gasteiger partial charge on any atom is 0.278 e. The van der Waals surface area contributed by atoms with Gasteiger partial charge in [0.1, 0.15) is 12.7 Å². The number of amides is 2. The second-order valence-corrected chi connectivity index (χ2v) is 7.59. The van der Waals surface area contributed by atoms with Gasteiger partial charge in [-0.15, -0.1) is 0 Å². The maximum atomic E-state index is 13.3. The van der Waals surface area contributed by atoms with E-state index in [1.807, 2.05) is 65.7 Å². The van der Waals surface area contributed by atoms with E-state index in [2.05, 4.69) is 5.32 Å². The molecule has 8 nitrogen and oxygen atoms in total. The molecule has 0 saturated carbocycles. The van der Waals surface area contributed by atoms with Gasteiger partial charge in [0.2, 0.25) is 11.3 Å². The number of aromatic hydroxyl groups is 1. The molecule has 0 aliphatic carbocycles. The summed E-state index contributed by atoms with van der Waals surface area (Å²) in [7, 11) is 1.50. The monoisotopic (exact) mass is 432 g/mol. The highest BCUT2D eigenvalue weighted by molar-refractivity contribution is 5.99. The topological polar surface area (TPSA) is 94.9 Å². The number of fused-ring (bicyclic) bond motifs is 1. The fourth-order valence-corrected chi connectivity index (χ4v) is 4.02. The van der Waals surface area contributed by atoms with Crippen LogP contribution in [0.4, 0.5) is 0 Å². The summed E-state index contributed by atoms with van der Waals surface area (Å²) in [6.45, 7) is 1.68. The number of carbonyl (C=O) groups excluding carboxylic acids is 2. The number of pyridine rings is 1. The lowest BCUT2D eigenvalue weighted by Crippen LogP contribution is -2.60. The molecule has 2 aromatic carbocycles. The molecule has 2 heterocycles. The maximum absolute atomic E-state index is 13.3. The summed E-state index contributed by atoms with van der Waals surface area (Å²) in [5.74, 6) is -1.58. The van der Waals surface area contributed by atoms with E-state index in [1.54, 1.807) is 6.92 Å². The van der Waals surface area contributed by atoms with Gasteiger partial charge in [0, 0.05) is 19.3 Å². The molecule has 0 bridgehead atoms. The summed E-state index contributed by atoms with van der Waals surface area (Å²) in [6.07, 6.45) is 1.48. The average molecular weight is 432 g/mol. The quantitative estimate of drug-likeness (QED) is 0.642. The van der Waals surface area contributed by atoms with Gasteiger partial charge in [0.05, 0.1) is 6.04 Å². The second-order valence-electron chi connectivity index (χ2n) is 7.59. The van der Waals surface area contributed by atoms with Crippen molar-refractivity contribution < 1.29 is 14.7 Å². The second kappa shape index (κ2) is 8.58. The number of rotatable bonds is 5. The molecule has 2 N–H and O–H groups in total. The number of nitrogens with one attached hydrogen (secondary N) is 1. The highest BCUT2D eigenvalue weighted by atomic mass is 16.3. The third kappa shape index (κ3) is 3.60. The Bertz CT molecular complexity index is 1150. The average Bonchev–Trinajstić information content (AvgIpc) is 2.83. The van der Waals surface area contributed by atoms with E-state index in [0.717, 1.165) is 11.1 Å². The van der Waals surface area contributed by atoms with Crippen molar-refractivity contribution in [3.05, 3.63) is 100.0 Å². The van der Waals surface area contributed by atoms with Crippen molar-refractivity contribution in [2.24, 2.45) is 0 Å².